The van der Waals surface area contributed by atoms with Crippen LogP contribution in [-0.4, -0.2) is 59.3 Å². The van der Waals surface area contributed by atoms with Crippen LogP contribution in [0, 0.1) is 0 Å². The van der Waals surface area contributed by atoms with Gasteiger partial charge in [0.1, 0.15) is 5.75 Å². The number of nitrogens with zero attached hydrogens (tertiary/aromatic N) is 4. The topological polar surface area (TPSA) is 54.6 Å². The van der Waals surface area contributed by atoms with Crippen molar-refractivity contribution in [2.24, 2.45) is 0 Å². The van der Waals surface area contributed by atoms with Gasteiger partial charge in [-0.25, -0.2) is 0 Å². The van der Waals surface area contributed by atoms with Crippen LogP contribution in [0.5, 0.6) is 5.75 Å². The van der Waals surface area contributed by atoms with Crippen molar-refractivity contribution in [3.8, 4) is 17.1 Å². The van der Waals surface area contributed by atoms with Crippen LogP contribution in [0.2, 0.25) is 0 Å². The molecule has 6 heteroatoms. The quantitative estimate of drug-likeness (QED) is 0.840. The van der Waals surface area contributed by atoms with Crippen molar-refractivity contribution >= 4 is 0 Å². The van der Waals surface area contributed by atoms with E-state index in [-0.39, 0.29) is 0 Å². The van der Waals surface area contributed by atoms with Crippen LogP contribution in [0.4, 0.5) is 0 Å². The Hall–Kier alpha value is -1.92. The van der Waals surface area contributed by atoms with Crippen molar-refractivity contribution in [1.29, 1.82) is 0 Å². The van der Waals surface area contributed by atoms with E-state index in [1.807, 2.05) is 24.3 Å². The highest BCUT2D eigenvalue weighted by Crippen LogP contribution is 2.27. The third kappa shape index (κ3) is 3.16. The van der Waals surface area contributed by atoms with E-state index in [9.17, 15) is 0 Å². The molecule has 0 radical (unpaired) electrons. The number of hydrogen-bond acceptors (Lipinski definition) is 6. The third-order valence-electron chi connectivity index (χ3n) is 5.08. The van der Waals surface area contributed by atoms with Crippen molar-refractivity contribution in [2.75, 3.05) is 33.3 Å². The molecule has 0 aliphatic carbocycles. The van der Waals surface area contributed by atoms with Crippen LogP contribution in [0.1, 0.15) is 25.2 Å². The Balaban J connectivity index is 1.41. The maximum atomic E-state index is 5.47. The van der Waals surface area contributed by atoms with E-state index in [4.69, 9.17) is 9.26 Å². The lowest BCUT2D eigenvalue weighted by molar-refractivity contribution is 0.217. The second-order valence-corrected chi connectivity index (χ2v) is 6.63. The van der Waals surface area contributed by atoms with Crippen LogP contribution in [0.15, 0.2) is 28.8 Å². The maximum Gasteiger partial charge on any atom is 0.241 e. The lowest BCUT2D eigenvalue weighted by Crippen LogP contribution is -2.35. The van der Waals surface area contributed by atoms with E-state index < -0.39 is 0 Å². The molecule has 2 aliphatic rings. The number of likely N-dealkylation sites (tertiary alicyclic amines) is 2. The van der Waals surface area contributed by atoms with E-state index in [0.717, 1.165) is 30.9 Å². The zero-order chi connectivity index (χ0) is 16.4. The van der Waals surface area contributed by atoms with E-state index in [0.29, 0.717) is 17.8 Å². The van der Waals surface area contributed by atoms with Crippen molar-refractivity contribution in [3.63, 3.8) is 0 Å². The van der Waals surface area contributed by atoms with Crippen molar-refractivity contribution in [3.05, 3.63) is 30.2 Å². The van der Waals surface area contributed by atoms with Crippen LogP contribution in [0.25, 0.3) is 11.4 Å². The molecule has 1 unspecified atom stereocenters. The fraction of sp³-hybridized carbons (Fsp3) is 0.556. The third-order valence-corrected chi connectivity index (χ3v) is 5.08. The molecule has 1 aromatic heterocycles. The summed E-state index contributed by atoms with van der Waals surface area (Å²) in [7, 11) is 1.66. The molecule has 128 valence electrons. The lowest BCUT2D eigenvalue weighted by atomic mass is 10.2. The molecular formula is C18H24N4O2. The summed E-state index contributed by atoms with van der Waals surface area (Å²) in [6.45, 7) is 5.46. The number of para-hydroxylation sites is 1. The normalized spacial score (nSPS) is 22.3. The van der Waals surface area contributed by atoms with Crippen molar-refractivity contribution in [1.82, 2.24) is 19.9 Å². The highest BCUT2D eigenvalue weighted by molar-refractivity contribution is 5.63. The molecule has 2 fully saturated rings. The summed E-state index contributed by atoms with van der Waals surface area (Å²) in [5.41, 5.74) is 0.867. The Kier molecular flexibility index (Phi) is 4.49. The van der Waals surface area contributed by atoms with E-state index >= 15 is 0 Å². The molecule has 6 nitrogen and oxygen atoms in total. The van der Waals surface area contributed by atoms with Gasteiger partial charge in [-0.1, -0.05) is 17.3 Å². The first-order chi connectivity index (χ1) is 11.8. The fourth-order valence-corrected chi connectivity index (χ4v) is 3.81. The molecule has 2 aromatic rings. The fourth-order valence-electron chi connectivity index (χ4n) is 3.81. The van der Waals surface area contributed by atoms with Gasteiger partial charge in [-0.15, -0.1) is 0 Å². The highest BCUT2D eigenvalue weighted by Gasteiger charge is 2.30. The maximum absolute atomic E-state index is 5.47. The number of aromatic nitrogens is 2. The minimum atomic E-state index is 0.595. The van der Waals surface area contributed by atoms with Crippen molar-refractivity contribution in [2.45, 2.75) is 31.8 Å². The van der Waals surface area contributed by atoms with E-state index in [2.05, 4.69) is 19.9 Å². The molecule has 24 heavy (non-hydrogen) atoms. The molecule has 2 aliphatic heterocycles. The highest BCUT2D eigenvalue weighted by atomic mass is 16.5. The first-order valence-electron chi connectivity index (χ1n) is 8.76. The summed E-state index contributed by atoms with van der Waals surface area (Å²) >= 11 is 0. The molecule has 1 aromatic carbocycles. The number of benzene rings is 1. The lowest BCUT2D eigenvalue weighted by Gasteiger charge is -2.23. The Labute approximate surface area is 142 Å². The van der Waals surface area contributed by atoms with Gasteiger partial charge < -0.3 is 9.26 Å². The Bertz CT molecular complexity index is 681. The largest absolute Gasteiger partial charge is 0.496 e. The molecular weight excluding hydrogens is 304 g/mol. The summed E-state index contributed by atoms with van der Waals surface area (Å²) in [6, 6.07) is 8.45. The molecule has 4 rings (SSSR count). The second kappa shape index (κ2) is 6.91. The van der Waals surface area contributed by atoms with Crippen LogP contribution < -0.4 is 4.74 Å². The van der Waals surface area contributed by atoms with E-state index in [1.165, 1.54) is 32.4 Å². The zero-order valence-corrected chi connectivity index (χ0v) is 14.1. The molecule has 0 N–H and O–H groups in total. The van der Waals surface area contributed by atoms with Crippen LogP contribution >= 0.6 is 0 Å². The summed E-state index contributed by atoms with van der Waals surface area (Å²) in [5.74, 6) is 2.04. The molecule has 0 saturated carbocycles. The molecule has 0 amide bonds. The smallest absolute Gasteiger partial charge is 0.241 e. The number of rotatable bonds is 5. The molecule has 2 saturated heterocycles. The van der Waals surface area contributed by atoms with Gasteiger partial charge in [0.25, 0.3) is 0 Å². The molecule has 1 atom stereocenters. The van der Waals surface area contributed by atoms with Gasteiger partial charge in [0.15, 0.2) is 0 Å². The Morgan fingerprint density at radius 1 is 1.21 bits per heavy atom. The summed E-state index contributed by atoms with van der Waals surface area (Å²) < 4.78 is 10.8. The Morgan fingerprint density at radius 3 is 2.88 bits per heavy atom. The van der Waals surface area contributed by atoms with Gasteiger partial charge in [-0.05, 0) is 44.5 Å². The standard InChI is InChI=1S/C18H24N4O2/c1-23-16-7-3-2-6-15(16)18-19-17(24-20-18)13-21-11-8-14(12-21)22-9-4-5-10-22/h2-3,6-7,14H,4-5,8-13H2,1H3. The number of ether oxygens (including phenoxy) is 1. The molecule has 0 spiro atoms. The second-order valence-electron chi connectivity index (χ2n) is 6.63. The summed E-state index contributed by atoms with van der Waals surface area (Å²) in [5, 5.41) is 4.13. The number of hydrogen-bond donors (Lipinski definition) is 0. The van der Waals surface area contributed by atoms with Gasteiger partial charge in [-0.2, -0.15) is 4.98 Å². The van der Waals surface area contributed by atoms with E-state index in [1.54, 1.807) is 7.11 Å². The van der Waals surface area contributed by atoms with Crippen LogP contribution in [-0.2, 0) is 6.54 Å². The summed E-state index contributed by atoms with van der Waals surface area (Å²) in [6.07, 6.45) is 3.94. The number of methoxy groups -OCH3 is 1. The van der Waals surface area contributed by atoms with Crippen LogP contribution in [0.3, 0.4) is 0 Å². The van der Waals surface area contributed by atoms with Gasteiger partial charge >= 0.3 is 0 Å². The first kappa shape index (κ1) is 15.6. The van der Waals surface area contributed by atoms with Gasteiger partial charge in [0.2, 0.25) is 11.7 Å². The minimum absolute atomic E-state index is 0.595. The molecule has 3 heterocycles. The predicted octanol–water partition coefficient (Wildman–Crippen LogP) is 2.42. The van der Waals surface area contributed by atoms with Gasteiger partial charge in [0, 0.05) is 19.1 Å². The predicted molar refractivity (Wildman–Crippen MR) is 90.8 cm³/mol. The monoisotopic (exact) mass is 328 g/mol. The van der Waals surface area contributed by atoms with Gasteiger partial charge in [-0.3, -0.25) is 9.80 Å². The first-order valence-corrected chi connectivity index (χ1v) is 8.76. The van der Waals surface area contributed by atoms with Crippen molar-refractivity contribution < 1.29 is 9.26 Å². The minimum Gasteiger partial charge on any atom is -0.496 e. The summed E-state index contributed by atoms with van der Waals surface area (Å²) in [4.78, 5) is 9.61. The Morgan fingerprint density at radius 2 is 2.04 bits per heavy atom. The zero-order valence-electron chi connectivity index (χ0n) is 14.1. The van der Waals surface area contributed by atoms with Gasteiger partial charge in [0.05, 0.1) is 19.2 Å². The molecule has 0 bridgehead atoms. The average Bonchev–Trinajstić information content (AvgIpc) is 3.36. The SMILES string of the molecule is COc1ccccc1-c1noc(CN2CCC(N3CCCC3)C2)n1. The average molecular weight is 328 g/mol.